The molecule has 3 N–H and O–H groups in total. The van der Waals surface area contributed by atoms with Crippen LogP contribution in [0.5, 0.6) is 0 Å². The number of piperidine rings is 1. The predicted octanol–water partition coefficient (Wildman–Crippen LogP) is 0.182. The van der Waals surface area contributed by atoms with Gasteiger partial charge >= 0.3 is 0 Å². The molecule has 0 unspecified atom stereocenters. The van der Waals surface area contributed by atoms with Crippen molar-refractivity contribution in [3.8, 4) is 0 Å². The number of nitrogens with two attached hydrogens (primary N) is 1. The summed E-state index contributed by atoms with van der Waals surface area (Å²) in [5.41, 5.74) is 5.09. The first-order chi connectivity index (χ1) is 7.08. The van der Waals surface area contributed by atoms with Gasteiger partial charge in [-0.2, -0.15) is 0 Å². The molecule has 0 aromatic heterocycles. The molecule has 1 rings (SSSR count). The van der Waals surface area contributed by atoms with Crippen LogP contribution in [0.3, 0.4) is 0 Å². The summed E-state index contributed by atoms with van der Waals surface area (Å²) in [6, 6.07) is 0.473. The highest BCUT2D eigenvalue weighted by molar-refractivity contribution is 5.75. The average molecular weight is 213 g/mol. The molecule has 0 aromatic rings. The van der Waals surface area contributed by atoms with E-state index in [1.165, 1.54) is 6.54 Å². The molecule has 1 aliphatic heterocycles. The van der Waals surface area contributed by atoms with Gasteiger partial charge in [-0.05, 0) is 31.8 Å². The first kappa shape index (κ1) is 12.5. The zero-order valence-corrected chi connectivity index (χ0v) is 9.83. The normalized spacial score (nSPS) is 19.7. The largest absolute Gasteiger partial charge is 0.369 e. The number of likely N-dealkylation sites (tertiary alicyclic amines) is 1. The van der Waals surface area contributed by atoms with E-state index in [1.807, 2.05) is 0 Å². The monoisotopic (exact) mass is 213 g/mol. The third kappa shape index (κ3) is 5.14. The molecule has 1 aliphatic rings. The maximum Gasteiger partial charge on any atom is 0.231 e. The first-order valence-corrected chi connectivity index (χ1v) is 5.82. The summed E-state index contributed by atoms with van der Waals surface area (Å²) in [4.78, 5) is 13.1. The Morgan fingerprint density at radius 3 is 2.53 bits per heavy atom. The summed E-state index contributed by atoms with van der Waals surface area (Å²) in [7, 11) is 0. The van der Waals surface area contributed by atoms with Crippen molar-refractivity contribution in [2.24, 2.45) is 11.7 Å². The number of nitrogens with zero attached hydrogens (tertiary/aromatic N) is 1. The van der Waals surface area contributed by atoms with Gasteiger partial charge in [-0.25, -0.2) is 0 Å². The Kier molecular flexibility index (Phi) is 5.05. The van der Waals surface area contributed by atoms with E-state index in [0.29, 0.717) is 12.6 Å². The predicted molar refractivity (Wildman–Crippen MR) is 61.5 cm³/mol. The van der Waals surface area contributed by atoms with E-state index in [2.05, 4.69) is 24.1 Å². The Morgan fingerprint density at radius 2 is 2.07 bits per heavy atom. The fraction of sp³-hybridized carbons (Fsp3) is 0.909. The molecule has 0 spiro atoms. The number of nitrogens with one attached hydrogen (secondary N) is 1. The molecular weight excluding hydrogens is 190 g/mol. The van der Waals surface area contributed by atoms with Crippen LogP contribution in [0, 0.1) is 5.92 Å². The number of carbonyl (C=O) groups excluding carboxylic acids is 1. The maximum absolute atomic E-state index is 10.6. The Bertz CT molecular complexity index is 198. The van der Waals surface area contributed by atoms with Crippen LogP contribution < -0.4 is 11.1 Å². The summed E-state index contributed by atoms with van der Waals surface area (Å²) >= 11 is 0. The van der Waals surface area contributed by atoms with Crippen molar-refractivity contribution >= 4 is 5.91 Å². The quantitative estimate of drug-likeness (QED) is 0.685. The molecule has 0 aromatic carbocycles. The van der Waals surface area contributed by atoms with Crippen LogP contribution in [0.25, 0.3) is 0 Å². The maximum atomic E-state index is 10.6. The van der Waals surface area contributed by atoms with Crippen molar-refractivity contribution in [2.45, 2.75) is 32.7 Å². The minimum atomic E-state index is -0.264. The van der Waals surface area contributed by atoms with Gasteiger partial charge in [-0.15, -0.1) is 0 Å². The average Bonchev–Trinajstić information content (AvgIpc) is 2.16. The highest BCUT2D eigenvalue weighted by atomic mass is 16.1. The standard InChI is InChI=1S/C11H23N3O/c1-9(2)8-14-5-3-10(4-6-14)13-7-11(12)15/h9-10,13H,3-8H2,1-2H3,(H2,12,15). The van der Waals surface area contributed by atoms with Crippen LogP contribution in [-0.4, -0.2) is 43.0 Å². The van der Waals surface area contributed by atoms with Crippen LogP contribution in [0.1, 0.15) is 26.7 Å². The lowest BCUT2D eigenvalue weighted by atomic mass is 10.0. The number of rotatable bonds is 5. The molecule has 1 amide bonds. The number of hydrogen-bond acceptors (Lipinski definition) is 3. The van der Waals surface area contributed by atoms with E-state index in [9.17, 15) is 4.79 Å². The molecule has 88 valence electrons. The molecule has 4 nitrogen and oxygen atoms in total. The third-order valence-corrected chi connectivity index (χ3v) is 2.78. The van der Waals surface area contributed by atoms with Crippen LogP contribution >= 0.6 is 0 Å². The smallest absolute Gasteiger partial charge is 0.231 e. The molecular formula is C11H23N3O. The minimum Gasteiger partial charge on any atom is -0.369 e. The first-order valence-electron chi connectivity index (χ1n) is 5.82. The van der Waals surface area contributed by atoms with Crippen molar-refractivity contribution in [1.29, 1.82) is 0 Å². The van der Waals surface area contributed by atoms with Gasteiger partial charge < -0.3 is 16.0 Å². The number of hydrogen-bond donors (Lipinski definition) is 2. The van der Waals surface area contributed by atoms with Gasteiger partial charge in [0.05, 0.1) is 6.54 Å². The number of amides is 1. The van der Waals surface area contributed by atoms with E-state index in [-0.39, 0.29) is 5.91 Å². The van der Waals surface area contributed by atoms with Gasteiger partial charge in [0.1, 0.15) is 0 Å². The Morgan fingerprint density at radius 1 is 1.47 bits per heavy atom. The van der Waals surface area contributed by atoms with Crippen molar-refractivity contribution < 1.29 is 4.79 Å². The molecule has 0 radical (unpaired) electrons. The summed E-state index contributed by atoms with van der Waals surface area (Å²) < 4.78 is 0. The van der Waals surface area contributed by atoms with Gasteiger partial charge in [-0.1, -0.05) is 13.8 Å². The van der Waals surface area contributed by atoms with Crippen LogP contribution in [0.2, 0.25) is 0 Å². The fourth-order valence-corrected chi connectivity index (χ4v) is 2.08. The lowest BCUT2D eigenvalue weighted by Gasteiger charge is -2.33. The molecule has 0 atom stereocenters. The van der Waals surface area contributed by atoms with Crippen molar-refractivity contribution in [3.05, 3.63) is 0 Å². The van der Waals surface area contributed by atoms with Gasteiger partial charge in [-0.3, -0.25) is 4.79 Å². The topological polar surface area (TPSA) is 58.4 Å². The zero-order chi connectivity index (χ0) is 11.3. The highest BCUT2D eigenvalue weighted by Gasteiger charge is 2.19. The van der Waals surface area contributed by atoms with E-state index < -0.39 is 0 Å². The van der Waals surface area contributed by atoms with Gasteiger partial charge in [0.25, 0.3) is 0 Å². The van der Waals surface area contributed by atoms with E-state index in [4.69, 9.17) is 5.73 Å². The zero-order valence-electron chi connectivity index (χ0n) is 9.83. The fourth-order valence-electron chi connectivity index (χ4n) is 2.08. The van der Waals surface area contributed by atoms with Crippen LogP contribution in [0.4, 0.5) is 0 Å². The van der Waals surface area contributed by atoms with Gasteiger partial charge in [0, 0.05) is 12.6 Å². The van der Waals surface area contributed by atoms with E-state index >= 15 is 0 Å². The second-order valence-electron chi connectivity index (χ2n) is 4.82. The molecule has 1 saturated heterocycles. The molecule has 1 fully saturated rings. The number of primary amides is 1. The second-order valence-corrected chi connectivity index (χ2v) is 4.82. The number of carbonyl (C=O) groups is 1. The van der Waals surface area contributed by atoms with Gasteiger partial charge in [0.2, 0.25) is 5.91 Å². The van der Waals surface area contributed by atoms with Crippen molar-refractivity contribution in [1.82, 2.24) is 10.2 Å². The summed E-state index contributed by atoms with van der Waals surface area (Å²) in [6.45, 7) is 8.26. The molecule has 4 heteroatoms. The van der Waals surface area contributed by atoms with E-state index in [1.54, 1.807) is 0 Å². The molecule has 1 heterocycles. The van der Waals surface area contributed by atoms with Crippen molar-refractivity contribution in [2.75, 3.05) is 26.2 Å². The SMILES string of the molecule is CC(C)CN1CCC(NCC(N)=O)CC1. The highest BCUT2D eigenvalue weighted by Crippen LogP contribution is 2.11. The lowest BCUT2D eigenvalue weighted by Crippen LogP contribution is -2.45. The molecule has 0 bridgehead atoms. The molecule has 0 aliphatic carbocycles. The molecule has 0 saturated carbocycles. The minimum absolute atomic E-state index is 0.264. The van der Waals surface area contributed by atoms with Gasteiger partial charge in [0.15, 0.2) is 0 Å². The third-order valence-electron chi connectivity index (χ3n) is 2.78. The summed E-state index contributed by atoms with van der Waals surface area (Å²) in [5, 5.41) is 3.19. The Labute approximate surface area is 92.2 Å². The van der Waals surface area contributed by atoms with Crippen LogP contribution in [0.15, 0.2) is 0 Å². The summed E-state index contributed by atoms with van der Waals surface area (Å²) in [5.74, 6) is 0.472. The Balaban J connectivity index is 2.15. The summed E-state index contributed by atoms with van der Waals surface area (Å²) in [6.07, 6.45) is 2.25. The van der Waals surface area contributed by atoms with E-state index in [0.717, 1.165) is 31.8 Å². The lowest BCUT2D eigenvalue weighted by molar-refractivity contribution is -0.117. The van der Waals surface area contributed by atoms with Crippen LogP contribution in [-0.2, 0) is 4.79 Å². The Hall–Kier alpha value is -0.610. The second kappa shape index (κ2) is 6.08. The van der Waals surface area contributed by atoms with Crippen molar-refractivity contribution in [3.63, 3.8) is 0 Å². The molecule has 15 heavy (non-hydrogen) atoms.